The molecule has 3 nitrogen and oxygen atoms in total. The summed E-state index contributed by atoms with van der Waals surface area (Å²) in [5.41, 5.74) is 16.4. The fourth-order valence-corrected chi connectivity index (χ4v) is 4.67. The van der Waals surface area contributed by atoms with Crippen molar-refractivity contribution in [2.75, 3.05) is 5.01 Å². The van der Waals surface area contributed by atoms with Crippen LogP contribution in [0.3, 0.4) is 0 Å². The van der Waals surface area contributed by atoms with Crippen LogP contribution in [-0.2, 0) is 0 Å². The average Bonchev–Trinajstić information content (AvgIpc) is 3.09. The minimum absolute atomic E-state index is 1.15. The van der Waals surface area contributed by atoms with Crippen LogP contribution in [0, 0.1) is 41.5 Å². The summed E-state index contributed by atoms with van der Waals surface area (Å²) in [6.07, 6.45) is 2.29. The van der Waals surface area contributed by atoms with Gasteiger partial charge in [-0.15, -0.1) is 0 Å². The van der Waals surface area contributed by atoms with Crippen LogP contribution >= 0.6 is 7.81 Å². The first kappa shape index (κ1) is 27.7. The minimum atomic E-state index is -10.7. The SMILES string of the molecule is Cc1cc(C)c(N2N[NH+](c3c(C)cc(C)cc3C)C=C2c2ccccc2)c(C)c1.F[P-](F)(F)(F)(F)F. The Bertz CT molecular complexity index is 1260. The number of hydrogen-bond donors (Lipinski definition) is 2. The van der Waals surface area contributed by atoms with Gasteiger partial charge in [-0.2, -0.15) is 5.01 Å². The number of anilines is 1. The summed E-state index contributed by atoms with van der Waals surface area (Å²) in [6.45, 7) is 13.1. The Morgan fingerprint density at radius 2 is 1.08 bits per heavy atom. The van der Waals surface area contributed by atoms with Crippen LogP contribution in [0.15, 0.2) is 60.8 Å². The Labute approximate surface area is 207 Å². The molecule has 1 aliphatic rings. The van der Waals surface area contributed by atoms with Gasteiger partial charge in [0.25, 0.3) is 0 Å². The maximum atomic E-state index is 9.87. The van der Waals surface area contributed by atoms with E-state index < -0.39 is 7.81 Å². The Morgan fingerprint density at radius 3 is 1.53 bits per heavy atom. The van der Waals surface area contributed by atoms with Gasteiger partial charge in [0.15, 0.2) is 5.69 Å². The van der Waals surface area contributed by atoms with Crippen molar-refractivity contribution in [2.24, 2.45) is 0 Å². The van der Waals surface area contributed by atoms with Crippen molar-refractivity contribution in [3.8, 4) is 0 Å². The zero-order chi connectivity index (χ0) is 27.1. The van der Waals surface area contributed by atoms with Crippen LogP contribution in [0.5, 0.6) is 0 Å². The molecule has 0 aromatic heterocycles. The summed E-state index contributed by atoms with van der Waals surface area (Å²) in [4.78, 5) is 0. The number of halogens is 6. The van der Waals surface area contributed by atoms with Crippen LogP contribution in [-0.4, -0.2) is 0 Å². The summed E-state index contributed by atoms with van der Waals surface area (Å²) in [5.74, 6) is 0. The van der Waals surface area contributed by atoms with E-state index >= 15 is 0 Å². The van der Waals surface area contributed by atoms with Crippen molar-refractivity contribution in [2.45, 2.75) is 41.5 Å². The molecule has 2 N–H and O–H groups in total. The number of rotatable bonds is 3. The zero-order valence-electron chi connectivity index (χ0n) is 20.9. The number of nitrogens with one attached hydrogen (secondary N) is 2. The first-order chi connectivity index (χ1) is 16.3. The topological polar surface area (TPSA) is 19.7 Å². The molecule has 0 radical (unpaired) electrons. The van der Waals surface area contributed by atoms with E-state index in [1.807, 2.05) is 0 Å². The number of benzene rings is 3. The summed E-state index contributed by atoms with van der Waals surface area (Å²) in [7, 11) is -10.7. The first-order valence-corrected chi connectivity index (χ1v) is 13.3. The Hall–Kier alpha value is -2.87. The predicted molar refractivity (Wildman–Crippen MR) is 136 cm³/mol. The molecule has 1 atom stereocenters. The molecule has 36 heavy (non-hydrogen) atoms. The second-order valence-electron chi connectivity index (χ2n) is 9.24. The van der Waals surface area contributed by atoms with E-state index in [0.29, 0.717) is 0 Å². The standard InChI is InChI=1S/C26H29N3.F6P/c1-17-12-19(3)25(20(4)13-17)28-16-24(23-10-8-7-9-11-23)29(27-28)26-21(5)14-18(2)15-22(26)6;1-7(2,3,4,5)6/h7-16,27H,1-6H3;/q;-1/p+1. The van der Waals surface area contributed by atoms with E-state index in [1.54, 1.807) is 0 Å². The molecule has 1 heterocycles. The third kappa shape index (κ3) is 7.56. The van der Waals surface area contributed by atoms with Crippen molar-refractivity contribution in [1.82, 2.24) is 5.53 Å². The average molecular weight is 530 g/mol. The van der Waals surface area contributed by atoms with Gasteiger partial charge in [0.2, 0.25) is 0 Å². The molecule has 1 aliphatic heterocycles. The van der Waals surface area contributed by atoms with Gasteiger partial charge in [-0.25, -0.2) is 5.01 Å². The summed E-state index contributed by atoms with van der Waals surface area (Å²) in [6, 6.07) is 19.7. The fraction of sp³-hybridized carbons (Fsp3) is 0.231. The molecule has 0 fully saturated rings. The fourth-order valence-electron chi connectivity index (χ4n) is 4.67. The van der Waals surface area contributed by atoms with Crippen molar-refractivity contribution in [3.05, 3.63) is 99.7 Å². The van der Waals surface area contributed by atoms with Crippen LogP contribution in [0.2, 0.25) is 0 Å². The predicted octanol–water partition coefficient (Wildman–Crippen LogP) is 8.37. The van der Waals surface area contributed by atoms with E-state index in [9.17, 15) is 25.2 Å². The van der Waals surface area contributed by atoms with Gasteiger partial charge in [-0.3, -0.25) is 0 Å². The second kappa shape index (κ2) is 8.91. The van der Waals surface area contributed by atoms with Crippen molar-refractivity contribution >= 4 is 24.9 Å². The molecule has 1 unspecified atom stereocenters. The molecule has 0 amide bonds. The maximum absolute atomic E-state index is 10.7. The van der Waals surface area contributed by atoms with E-state index in [1.165, 1.54) is 56.0 Å². The summed E-state index contributed by atoms with van der Waals surface area (Å²) in [5, 5.41) is 3.41. The Kier molecular flexibility index (Phi) is 6.86. The van der Waals surface area contributed by atoms with Gasteiger partial charge >= 0.3 is 33.0 Å². The summed E-state index contributed by atoms with van der Waals surface area (Å²) >= 11 is 0. The molecular weight excluding hydrogens is 499 g/mol. The van der Waals surface area contributed by atoms with E-state index in [0.717, 1.165) is 5.01 Å². The van der Waals surface area contributed by atoms with Gasteiger partial charge < -0.3 is 0 Å². The van der Waals surface area contributed by atoms with E-state index in [-0.39, 0.29) is 0 Å². The number of aryl methyl sites for hydroxylation is 6. The third-order valence-electron chi connectivity index (χ3n) is 5.63. The number of hydrogen-bond acceptors (Lipinski definition) is 2. The second-order valence-corrected chi connectivity index (χ2v) is 11.2. The van der Waals surface area contributed by atoms with Crippen LogP contribution in [0.4, 0.5) is 36.6 Å². The van der Waals surface area contributed by atoms with Gasteiger partial charge in [0.1, 0.15) is 11.9 Å². The third-order valence-corrected chi connectivity index (χ3v) is 5.63. The van der Waals surface area contributed by atoms with Crippen molar-refractivity contribution in [1.29, 1.82) is 0 Å². The molecule has 196 valence electrons. The zero-order valence-corrected chi connectivity index (χ0v) is 21.8. The molecule has 10 heteroatoms. The molecule has 0 bridgehead atoms. The molecule has 0 spiro atoms. The quantitative estimate of drug-likeness (QED) is 0.263. The van der Waals surface area contributed by atoms with Gasteiger partial charge in [0.05, 0.1) is 5.69 Å². The van der Waals surface area contributed by atoms with Crippen LogP contribution < -0.4 is 15.6 Å². The Balaban J connectivity index is 0.000000454. The molecule has 0 saturated heterocycles. The molecule has 4 rings (SSSR count). The molecule has 0 aliphatic carbocycles. The molecule has 3 aromatic rings. The first-order valence-electron chi connectivity index (χ1n) is 11.2. The normalized spacial score (nSPS) is 17.6. The number of quaternary nitrogens is 1. The molecular formula is C26H30F6N3P. The molecule has 0 saturated carbocycles. The Morgan fingerprint density at radius 1 is 0.667 bits per heavy atom. The van der Waals surface area contributed by atoms with Gasteiger partial charge in [0, 0.05) is 16.7 Å². The van der Waals surface area contributed by atoms with Gasteiger partial charge in [-0.05, 0) is 52.7 Å². The van der Waals surface area contributed by atoms with Crippen molar-refractivity contribution < 1.29 is 30.2 Å². The van der Waals surface area contributed by atoms with E-state index in [2.05, 4.69) is 113 Å². The molecule has 3 aromatic carbocycles. The van der Waals surface area contributed by atoms with Crippen LogP contribution in [0.1, 0.15) is 38.9 Å². The van der Waals surface area contributed by atoms with Gasteiger partial charge in [-0.1, -0.05) is 71.3 Å². The number of hydrazine groups is 1. The number of nitrogens with zero attached hydrogens (tertiary/aromatic N) is 1. The van der Waals surface area contributed by atoms with Crippen molar-refractivity contribution in [3.63, 3.8) is 0 Å². The monoisotopic (exact) mass is 529 g/mol. The summed E-state index contributed by atoms with van der Waals surface area (Å²) < 4.78 is 59.2. The van der Waals surface area contributed by atoms with E-state index in [4.69, 9.17) is 0 Å². The van der Waals surface area contributed by atoms with Crippen LogP contribution in [0.25, 0.3) is 5.70 Å².